The van der Waals surface area contributed by atoms with Crippen LogP contribution in [0.2, 0.25) is 0 Å². The topological polar surface area (TPSA) is 42.0 Å². The van der Waals surface area contributed by atoms with Gasteiger partial charge in [0.05, 0.1) is 0 Å². The molecule has 1 aromatic carbocycles. The number of hydrogen-bond acceptors (Lipinski definition) is 3. The molecule has 3 nitrogen and oxygen atoms in total. The van der Waals surface area contributed by atoms with E-state index >= 15 is 0 Å². The van der Waals surface area contributed by atoms with E-state index in [1.807, 2.05) is 0 Å². The molecule has 1 N–H and O–H groups in total. The molecule has 0 spiro atoms. The van der Waals surface area contributed by atoms with E-state index in [4.69, 9.17) is 0 Å². The van der Waals surface area contributed by atoms with Crippen molar-refractivity contribution >= 4 is 11.5 Å². The fraction of sp³-hybridized carbons (Fsp3) is 0. The van der Waals surface area contributed by atoms with Gasteiger partial charge in [-0.3, -0.25) is 9.78 Å². The van der Waals surface area contributed by atoms with Crippen molar-refractivity contribution in [2.24, 2.45) is 0 Å². The van der Waals surface area contributed by atoms with Crippen LogP contribution in [0.1, 0.15) is 10.4 Å². The highest BCUT2D eigenvalue weighted by Gasteiger charge is 1.99. The third kappa shape index (κ3) is 3.25. The third-order valence-electron chi connectivity index (χ3n) is 2.27. The van der Waals surface area contributed by atoms with E-state index in [0.29, 0.717) is 11.3 Å². The fourth-order valence-corrected chi connectivity index (χ4v) is 1.40. The molecule has 1 heterocycles. The normalized spacial score (nSPS) is 10.5. The minimum absolute atomic E-state index is 0.138. The first-order valence-electron chi connectivity index (χ1n) is 5.39. The Bertz CT molecular complexity index is 567. The molecule has 0 amide bonds. The van der Waals surface area contributed by atoms with Crippen LogP contribution >= 0.6 is 0 Å². The van der Waals surface area contributed by atoms with E-state index in [1.165, 1.54) is 24.4 Å². The Hall–Kier alpha value is -2.49. The number of allylic oxidation sites excluding steroid dienone is 1. The van der Waals surface area contributed by atoms with Crippen molar-refractivity contribution in [2.75, 3.05) is 5.32 Å². The van der Waals surface area contributed by atoms with Crippen molar-refractivity contribution in [2.45, 2.75) is 0 Å². The number of rotatable bonds is 4. The van der Waals surface area contributed by atoms with Crippen LogP contribution in [0.5, 0.6) is 0 Å². The zero-order valence-electron chi connectivity index (χ0n) is 9.51. The second-order valence-corrected chi connectivity index (χ2v) is 3.59. The van der Waals surface area contributed by atoms with Crippen molar-refractivity contribution < 1.29 is 9.18 Å². The van der Waals surface area contributed by atoms with Crippen LogP contribution in [0.15, 0.2) is 61.1 Å². The summed E-state index contributed by atoms with van der Waals surface area (Å²) in [4.78, 5) is 15.5. The predicted molar refractivity (Wildman–Crippen MR) is 67.7 cm³/mol. The van der Waals surface area contributed by atoms with Crippen LogP contribution in [-0.2, 0) is 0 Å². The van der Waals surface area contributed by atoms with Crippen molar-refractivity contribution in [3.63, 3.8) is 0 Å². The van der Waals surface area contributed by atoms with Gasteiger partial charge in [-0.05, 0) is 30.3 Å². The number of carbonyl (C=O) groups is 1. The first-order valence-corrected chi connectivity index (χ1v) is 5.39. The van der Waals surface area contributed by atoms with Gasteiger partial charge in [-0.1, -0.05) is 6.07 Å². The van der Waals surface area contributed by atoms with E-state index in [0.717, 1.165) is 0 Å². The number of ketones is 1. The van der Waals surface area contributed by atoms with Gasteiger partial charge in [-0.2, -0.15) is 0 Å². The molecule has 0 aliphatic rings. The molecule has 0 aliphatic heterocycles. The largest absolute Gasteiger partial charge is 0.361 e. The zero-order valence-corrected chi connectivity index (χ0v) is 9.51. The number of anilines is 1. The quantitative estimate of drug-likeness (QED) is 0.662. The number of aromatic nitrogens is 1. The molecule has 0 atom stereocenters. The Morgan fingerprint density at radius 2 is 2.00 bits per heavy atom. The molecule has 1 aromatic heterocycles. The number of carbonyl (C=O) groups excluding carboxylic acids is 1. The average Bonchev–Trinajstić information content (AvgIpc) is 2.40. The molecule has 90 valence electrons. The zero-order chi connectivity index (χ0) is 12.8. The summed E-state index contributed by atoms with van der Waals surface area (Å²) in [6.45, 7) is 0. The second-order valence-electron chi connectivity index (χ2n) is 3.59. The Labute approximate surface area is 104 Å². The summed E-state index contributed by atoms with van der Waals surface area (Å²) in [5, 5.41) is 2.83. The maximum absolute atomic E-state index is 12.9. The third-order valence-corrected chi connectivity index (χ3v) is 2.27. The Balaban J connectivity index is 1.98. The van der Waals surface area contributed by atoms with Gasteiger partial charge in [0.15, 0.2) is 5.78 Å². The summed E-state index contributed by atoms with van der Waals surface area (Å²) in [5.41, 5.74) is 1.15. The summed E-state index contributed by atoms with van der Waals surface area (Å²) in [7, 11) is 0. The summed E-state index contributed by atoms with van der Waals surface area (Å²) in [5.74, 6) is -0.463. The summed E-state index contributed by atoms with van der Waals surface area (Å²) < 4.78 is 12.9. The number of halogens is 1. The van der Waals surface area contributed by atoms with Crippen molar-refractivity contribution in [3.8, 4) is 0 Å². The van der Waals surface area contributed by atoms with Gasteiger partial charge in [0.1, 0.15) is 5.82 Å². The summed E-state index contributed by atoms with van der Waals surface area (Å²) >= 11 is 0. The molecule has 4 heteroatoms. The lowest BCUT2D eigenvalue weighted by Crippen LogP contribution is -1.96. The van der Waals surface area contributed by atoms with E-state index in [-0.39, 0.29) is 11.6 Å². The first-order chi connectivity index (χ1) is 8.75. The Kier molecular flexibility index (Phi) is 3.81. The number of benzene rings is 1. The predicted octanol–water partition coefficient (Wildman–Crippen LogP) is 3.03. The minimum atomic E-state index is -0.325. The lowest BCUT2D eigenvalue weighted by atomic mass is 10.2. The van der Waals surface area contributed by atoms with Crippen molar-refractivity contribution in [1.82, 2.24) is 4.98 Å². The first kappa shape index (κ1) is 12.0. The smallest absolute Gasteiger partial charge is 0.187 e. The number of nitrogens with one attached hydrogen (secondary N) is 1. The monoisotopic (exact) mass is 242 g/mol. The van der Waals surface area contributed by atoms with Crippen LogP contribution in [0, 0.1) is 5.82 Å². The standard InChI is InChI=1S/C14H11FN2O/c15-12-2-1-3-13(10-12)17-9-6-14(18)11-4-7-16-8-5-11/h1-10,17H/b9-6-. The van der Waals surface area contributed by atoms with E-state index in [1.54, 1.807) is 36.7 Å². The van der Waals surface area contributed by atoms with E-state index in [9.17, 15) is 9.18 Å². The van der Waals surface area contributed by atoms with Crippen LogP contribution in [0.25, 0.3) is 0 Å². The van der Waals surface area contributed by atoms with Crippen LogP contribution in [0.4, 0.5) is 10.1 Å². The Morgan fingerprint density at radius 1 is 1.22 bits per heavy atom. The van der Waals surface area contributed by atoms with Gasteiger partial charge in [-0.15, -0.1) is 0 Å². The molecular weight excluding hydrogens is 231 g/mol. The molecule has 0 bridgehead atoms. The van der Waals surface area contributed by atoms with Gasteiger partial charge < -0.3 is 5.32 Å². The fourth-order valence-electron chi connectivity index (χ4n) is 1.40. The van der Waals surface area contributed by atoms with Gasteiger partial charge in [-0.25, -0.2) is 4.39 Å². The average molecular weight is 242 g/mol. The van der Waals surface area contributed by atoms with Crippen LogP contribution < -0.4 is 5.32 Å². The minimum Gasteiger partial charge on any atom is -0.361 e. The Morgan fingerprint density at radius 3 is 2.72 bits per heavy atom. The highest BCUT2D eigenvalue weighted by atomic mass is 19.1. The van der Waals surface area contributed by atoms with Gasteiger partial charge in [0.25, 0.3) is 0 Å². The number of hydrogen-bond donors (Lipinski definition) is 1. The van der Waals surface area contributed by atoms with Crippen molar-refractivity contribution in [3.05, 3.63) is 72.4 Å². The molecular formula is C14H11FN2O. The van der Waals surface area contributed by atoms with Crippen LogP contribution in [-0.4, -0.2) is 10.8 Å². The number of nitrogens with zero attached hydrogens (tertiary/aromatic N) is 1. The molecule has 2 rings (SSSR count). The van der Waals surface area contributed by atoms with Crippen molar-refractivity contribution in [1.29, 1.82) is 0 Å². The van der Waals surface area contributed by atoms with Gasteiger partial charge in [0.2, 0.25) is 0 Å². The molecule has 0 radical (unpaired) electrons. The van der Waals surface area contributed by atoms with E-state index < -0.39 is 0 Å². The lowest BCUT2D eigenvalue weighted by molar-refractivity contribution is 0.104. The molecule has 0 fully saturated rings. The maximum atomic E-state index is 12.9. The summed E-state index contributed by atoms with van der Waals surface area (Å²) in [6.07, 6.45) is 5.99. The highest BCUT2D eigenvalue weighted by molar-refractivity contribution is 6.04. The molecule has 0 unspecified atom stereocenters. The lowest BCUT2D eigenvalue weighted by Gasteiger charge is -1.99. The molecule has 2 aromatic rings. The molecule has 0 aliphatic carbocycles. The highest BCUT2D eigenvalue weighted by Crippen LogP contribution is 2.09. The van der Waals surface area contributed by atoms with E-state index in [2.05, 4.69) is 10.3 Å². The second kappa shape index (κ2) is 5.72. The SMILES string of the molecule is O=C(/C=C\Nc1cccc(F)c1)c1ccncc1. The van der Waals surface area contributed by atoms with Crippen LogP contribution in [0.3, 0.4) is 0 Å². The molecule has 0 saturated carbocycles. The molecule has 0 saturated heterocycles. The van der Waals surface area contributed by atoms with Gasteiger partial charge >= 0.3 is 0 Å². The number of pyridine rings is 1. The van der Waals surface area contributed by atoms with Gasteiger partial charge in [0, 0.05) is 35.9 Å². The summed E-state index contributed by atoms with van der Waals surface area (Å²) in [6, 6.07) is 9.28. The molecule has 18 heavy (non-hydrogen) atoms. The maximum Gasteiger partial charge on any atom is 0.187 e.